The fourth-order valence-electron chi connectivity index (χ4n) is 2.90. The molecular formula is C18H24BNO4. The van der Waals surface area contributed by atoms with Crippen molar-refractivity contribution in [2.24, 2.45) is 0 Å². The Morgan fingerprint density at radius 2 is 1.75 bits per heavy atom. The van der Waals surface area contributed by atoms with Crippen LogP contribution in [0.4, 0.5) is 0 Å². The fraction of sp³-hybridized carbons (Fsp3) is 0.500. The van der Waals surface area contributed by atoms with Crippen molar-refractivity contribution in [1.29, 1.82) is 0 Å². The molecule has 3 rings (SSSR count). The smallest absolute Gasteiger partial charge is 0.481 e. The molecule has 2 aromatic rings. The molecule has 0 atom stereocenters. The number of benzene rings is 1. The third kappa shape index (κ3) is 2.45. The number of rotatable bonds is 3. The monoisotopic (exact) mass is 329 g/mol. The van der Waals surface area contributed by atoms with Crippen LogP contribution in [0.25, 0.3) is 10.9 Å². The Kier molecular flexibility index (Phi) is 3.63. The first-order valence-electron chi connectivity index (χ1n) is 8.16. The van der Waals surface area contributed by atoms with Gasteiger partial charge >= 0.3 is 13.1 Å². The van der Waals surface area contributed by atoms with E-state index in [9.17, 15) is 9.90 Å². The minimum Gasteiger partial charge on any atom is -0.481 e. The van der Waals surface area contributed by atoms with Gasteiger partial charge in [0.1, 0.15) is 0 Å². The van der Waals surface area contributed by atoms with Gasteiger partial charge in [-0.1, -0.05) is 12.1 Å². The lowest BCUT2D eigenvalue weighted by Crippen LogP contribution is -2.41. The minimum absolute atomic E-state index is 0.409. The molecule has 1 aliphatic heterocycles. The van der Waals surface area contributed by atoms with E-state index in [0.717, 1.165) is 21.9 Å². The van der Waals surface area contributed by atoms with Gasteiger partial charge in [-0.15, -0.1) is 0 Å². The molecule has 0 bridgehead atoms. The summed E-state index contributed by atoms with van der Waals surface area (Å²) in [5, 5.41) is 10.4. The third-order valence-corrected chi connectivity index (χ3v) is 5.44. The molecule has 1 saturated heterocycles. The molecule has 0 amide bonds. The third-order valence-electron chi connectivity index (χ3n) is 5.44. The average Bonchev–Trinajstić information content (AvgIpc) is 2.97. The summed E-state index contributed by atoms with van der Waals surface area (Å²) in [5.74, 6) is -0.857. The highest BCUT2D eigenvalue weighted by Gasteiger charge is 2.51. The number of carboxylic acid groups (broad SMARTS) is 1. The van der Waals surface area contributed by atoms with Crippen LogP contribution < -0.4 is 5.46 Å². The zero-order valence-corrected chi connectivity index (χ0v) is 15.1. The van der Waals surface area contributed by atoms with E-state index in [1.54, 1.807) is 20.0 Å². The number of aliphatic carboxylic acids is 1. The summed E-state index contributed by atoms with van der Waals surface area (Å²) in [6, 6.07) is 5.86. The van der Waals surface area contributed by atoms with Crippen LogP contribution in [0.5, 0.6) is 0 Å². The van der Waals surface area contributed by atoms with Crippen molar-refractivity contribution < 1.29 is 19.2 Å². The zero-order valence-electron chi connectivity index (χ0n) is 15.1. The van der Waals surface area contributed by atoms with Crippen molar-refractivity contribution in [2.75, 3.05) is 0 Å². The SMILES string of the molecule is CC(C)(C(=O)O)c1c[nH]c2ccc(B3OC(C)(C)C(C)(C)O3)cc12. The molecule has 0 aliphatic carbocycles. The van der Waals surface area contributed by atoms with Crippen LogP contribution in [0.3, 0.4) is 0 Å². The lowest BCUT2D eigenvalue weighted by Gasteiger charge is -2.32. The molecular weight excluding hydrogens is 305 g/mol. The molecule has 2 N–H and O–H groups in total. The van der Waals surface area contributed by atoms with Gasteiger partial charge in [0, 0.05) is 17.1 Å². The summed E-state index contributed by atoms with van der Waals surface area (Å²) >= 11 is 0. The van der Waals surface area contributed by atoms with Crippen molar-refractivity contribution in [3.05, 3.63) is 30.0 Å². The maximum Gasteiger partial charge on any atom is 0.494 e. The largest absolute Gasteiger partial charge is 0.494 e. The standard InChI is InChI=1S/C18H24BNO4/c1-16(2,15(21)22)13-10-20-14-8-7-11(9-12(13)14)19-23-17(3,4)18(5,6)24-19/h7-10,20H,1-6H3,(H,21,22). The van der Waals surface area contributed by atoms with Crippen molar-refractivity contribution >= 4 is 29.5 Å². The van der Waals surface area contributed by atoms with Crippen molar-refractivity contribution in [1.82, 2.24) is 4.98 Å². The quantitative estimate of drug-likeness (QED) is 0.850. The van der Waals surface area contributed by atoms with Gasteiger partial charge < -0.3 is 19.4 Å². The summed E-state index contributed by atoms with van der Waals surface area (Å²) in [5.41, 5.74) is 0.750. The van der Waals surface area contributed by atoms with E-state index in [1.165, 1.54) is 0 Å². The van der Waals surface area contributed by atoms with Gasteiger partial charge in [-0.25, -0.2) is 0 Å². The molecule has 0 radical (unpaired) electrons. The van der Waals surface area contributed by atoms with Gasteiger partial charge in [0.25, 0.3) is 0 Å². The van der Waals surface area contributed by atoms with Crippen LogP contribution in [0, 0.1) is 0 Å². The van der Waals surface area contributed by atoms with E-state index >= 15 is 0 Å². The Hall–Kier alpha value is -1.79. The predicted octanol–water partition coefficient (Wildman–Crippen LogP) is 2.83. The molecule has 1 aromatic carbocycles. The summed E-state index contributed by atoms with van der Waals surface area (Å²) in [6.45, 7) is 11.5. The number of nitrogens with one attached hydrogen (secondary N) is 1. The van der Waals surface area contributed by atoms with Gasteiger partial charge in [-0.05, 0) is 58.6 Å². The summed E-state index contributed by atoms with van der Waals surface area (Å²) in [6.07, 6.45) is 1.77. The van der Waals surface area contributed by atoms with Crippen LogP contribution in [-0.2, 0) is 19.5 Å². The molecule has 0 saturated carbocycles. The summed E-state index contributed by atoms with van der Waals surface area (Å²) < 4.78 is 12.2. The zero-order chi connectivity index (χ0) is 17.9. The molecule has 6 heteroatoms. The van der Waals surface area contributed by atoms with Crippen LogP contribution in [0.15, 0.2) is 24.4 Å². The second-order valence-electron chi connectivity index (χ2n) is 8.03. The maximum atomic E-state index is 11.6. The highest BCUT2D eigenvalue weighted by atomic mass is 16.7. The predicted molar refractivity (Wildman–Crippen MR) is 94.7 cm³/mol. The first kappa shape index (κ1) is 17.1. The van der Waals surface area contributed by atoms with Crippen LogP contribution in [0.1, 0.15) is 47.1 Å². The molecule has 128 valence electrons. The highest BCUT2D eigenvalue weighted by molar-refractivity contribution is 6.62. The molecule has 1 aromatic heterocycles. The van der Waals surface area contributed by atoms with Gasteiger partial charge in [0.05, 0.1) is 16.6 Å². The molecule has 1 fully saturated rings. The van der Waals surface area contributed by atoms with E-state index in [1.807, 2.05) is 45.9 Å². The normalized spacial score (nSPS) is 19.8. The van der Waals surface area contributed by atoms with E-state index < -0.39 is 29.7 Å². The van der Waals surface area contributed by atoms with Crippen LogP contribution >= 0.6 is 0 Å². The lowest BCUT2D eigenvalue weighted by molar-refractivity contribution is -0.142. The number of H-pyrrole nitrogens is 1. The number of hydrogen-bond donors (Lipinski definition) is 2. The molecule has 5 nitrogen and oxygen atoms in total. The van der Waals surface area contributed by atoms with E-state index in [-0.39, 0.29) is 0 Å². The highest BCUT2D eigenvalue weighted by Crippen LogP contribution is 2.37. The summed E-state index contributed by atoms with van der Waals surface area (Å²) in [7, 11) is -0.463. The van der Waals surface area contributed by atoms with E-state index in [2.05, 4.69) is 4.98 Å². The van der Waals surface area contributed by atoms with Crippen molar-refractivity contribution in [3.63, 3.8) is 0 Å². The molecule has 24 heavy (non-hydrogen) atoms. The van der Waals surface area contributed by atoms with Crippen LogP contribution in [-0.4, -0.2) is 34.4 Å². The molecule has 0 unspecified atom stereocenters. The second-order valence-corrected chi connectivity index (χ2v) is 8.03. The Bertz CT molecular complexity index is 790. The van der Waals surface area contributed by atoms with E-state index in [0.29, 0.717) is 0 Å². The maximum absolute atomic E-state index is 11.6. The number of carbonyl (C=O) groups is 1. The molecule has 1 aliphatic rings. The Morgan fingerprint density at radius 1 is 1.17 bits per heavy atom. The first-order valence-corrected chi connectivity index (χ1v) is 8.16. The van der Waals surface area contributed by atoms with E-state index in [4.69, 9.17) is 9.31 Å². The minimum atomic E-state index is -0.979. The number of aromatic nitrogens is 1. The van der Waals surface area contributed by atoms with Crippen LogP contribution in [0.2, 0.25) is 0 Å². The topological polar surface area (TPSA) is 71.5 Å². The Morgan fingerprint density at radius 3 is 2.29 bits per heavy atom. The number of carboxylic acids is 1. The van der Waals surface area contributed by atoms with Gasteiger partial charge in [0.2, 0.25) is 0 Å². The lowest BCUT2D eigenvalue weighted by atomic mass is 9.77. The Labute approximate surface area is 142 Å². The fourth-order valence-corrected chi connectivity index (χ4v) is 2.90. The number of hydrogen-bond acceptors (Lipinski definition) is 3. The Balaban J connectivity index is 2.05. The van der Waals surface area contributed by atoms with Gasteiger partial charge in [0.15, 0.2) is 0 Å². The average molecular weight is 329 g/mol. The number of aromatic amines is 1. The second kappa shape index (κ2) is 5.10. The van der Waals surface area contributed by atoms with Crippen molar-refractivity contribution in [2.45, 2.75) is 58.2 Å². The first-order chi connectivity index (χ1) is 11.0. The summed E-state index contributed by atoms with van der Waals surface area (Å²) in [4.78, 5) is 14.8. The van der Waals surface area contributed by atoms with Gasteiger partial charge in [-0.3, -0.25) is 4.79 Å². The molecule has 2 heterocycles. The molecule has 0 spiro atoms. The van der Waals surface area contributed by atoms with Crippen molar-refractivity contribution in [3.8, 4) is 0 Å². The van der Waals surface area contributed by atoms with Gasteiger partial charge in [-0.2, -0.15) is 0 Å². The number of fused-ring (bicyclic) bond motifs is 1.